The summed E-state index contributed by atoms with van der Waals surface area (Å²) in [6, 6.07) is 30.8. The first kappa shape index (κ1) is 34.8. The first-order valence-corrected chi connectivity index (χ1v) is 17.0. The molecule has 0 aliphatic rings. The molecule has 0 aliphatic carbocycles. The van der Waals surface area contributed by atoms with Gasteiger partial charge >= 0.3 is 0 Å². The van der Waals surface area contributed by atoms with Gasteiger partial charge in [0.2, 0.25) is 0 Å². The van der Waals surface area contributed by atoms with Gasteiger partial charge in [0.1, 0.15) is 11.7 Å². The number of hydrogen-bond acceptors (Lipinski definition) is 3. The Labute approximate surface area is 262 Å². The van der Waals surface area contributed by atoms with Crippen molar-refractivity contribution in [3.63, 3.8) is 0 Å². The standard InChI is InChI=1S/C40H56O3/c1-2-3-4-5-6-7-8-9-10-11-12-13-14-15-16-26-33-42-34-39(41)35-43-40(36-27-20-17-21-28-36,37-29-22-18-23-30-37)38-31-24-19-25-32-38/h9-10,17-25,27-32,39,41H,2-8,11-16,26,33-35H2,1H3/b10-9-. The number of hydrogen-bond donors (Lipinski definition) is 1. The average molecular weight is 585 g/mol. The molecule has 1 unspecified atom stereocenters. The Kier molecular flexibility index (Phi) is 17.7. The van der Waals surface area contributed by atoms with E-state index in [-0.39, 0.29) is 13.2 Å². The van der Waals surface area contributed by atoms with E-state index in [9.17, 15) is 5.11 Å². The Balaban J connectivity index is 1.32. The number of unbranched alkanes of at least 4 members (excludes halogenated alkanes) is 12. The number of rotatable bonds is 24. The van der Waals surface area contributed by atoms with Crippen LogP contribution < -0.4 is 0 Å². The molecule has 0 saturated carbocycles. The van der Waals surface area contributed by atoms with Gasteiger partial charge in [-0.1, -0.05) is 168 Å². The van der Waals surface area contributed by atoms with Crippen LogP contribution in [0.3, 0.4) is 0 Å². The summed E-state index contributed by atoms with van der Waals surface area (Å²) in [5.74, 6) is 0. The van der Waals surface area contributed by atoms with Gasteiger partial charge in [-0.3, -0.25) is 0 Å². The van der Waals surface area contributed by atoms with Crippen LogP contribution in [-0.2, 0) is 15.1 Å². The summed E-state index contributed by atoms with van der Waals surface area (Å²) in [5.41, 5.74) is 2.27. The summed E-state index contributed by atoms with van der Waals surface area (Å²) >= 11 is 0. The van der Waals surface area contributed by atoms with Crippen LogP contribution >= 0.6 is 0 Å². The molecule has 3 heteroatoms. The highest BCUT2D eigenvalue weighted by Gasteiger charge is 2.38. The van der Waals surface area contributed by atoms with Crippen molar-refractivity contribution >= 4 is 0 Å². The minimum absolute atomic E-state index is 0.173. The lowest BCUT2D eigenvalue weighted by Crippen LogP contribution is -2.36. The maximum atomic E-state index is 10.8. The fourth-order valence-electron chi connectivity index (χ4n) is 5.71. The van der Waals surface area contributed by atoms with Crippen molar-refractivity contribution in [2.75, 3.05) is 19.8 Å². The van der Waals surface area contributed by atoms with Crippen molar-refractivity contribution in [1.82, 2.24) is 0 Å². The quantitative estimate of drug-likeness (QED) is 0.0647. The van der Waals surface area contributed by atoms with Crippen LogP contribution in [0.5, 0.6) is 0 Å². The summed E-state index contributed by atoms with van der Waals surface area (Å²) in [5, 5.41) is 10.8. The van der Waals surface area contributed by atoms with E-state index in [0.29, 0.717) is 6.61 Å². The van der Waals surface area contributed by atoms with Crippen LogP contribution in [0.4, 0.5) is 0 Å². The maximum absolute atomic E-state index is 10.8. The van der Waals surface area contributed by atoms with Crippen LogP contribution in [0.2, 0.25) is 0 Å². The molecule has 0 heterocycles. The summed E-state index contributed by atoms with van der Waals surface area (Å²) in [7, 11) is 0. The monoisotopic (exact) mass is 584 g/mol. The van der Waals surface area contributed by atoms with Crippen LogP contribution in [0.25, 0.3) is 0 Å². The summed E-state index contributed by atoms with van der Waals surface area (Å²) in [4.78, 5) is 0. The first-order valence-electron chi connectivity index (χ1n) is 17.0. The first-order chi connectivity index (χ1) is 21.3. The predicted octanol–water partition coefficient (Wildman–Crippen LogP) is 10.4. The molecule has 0 radical (unpaired) electrons. The second-order valence-electron chi connectivity index (χ2n) is 11.8. The van der Waals surface area contributed by atoms with Gasteiger partial charge in [0, 0.05) is 6.61 Å². The predicted molar refractivity (Wildman–Crippen MR) is 181 cm³/mol. The highest BCUT2D eigenvalue weighted by Crippen LogP contribution is 2.40. The SMILES string of the molecule is CCCCCCCC/C=C\CCCCCCCCOCC(O)COC(c1ccccc1)(c1ccccc1)c1ccccc1. The van der Waals surface area contributed by atoms with Gasteiger partial charge in [0.05, 0.1) is 13.2 Å². The third-order valence-corrected chi connectivity index (χ3v) is 8.14. The number of aliphatic hydroxyl groups excluding tert-OH is 1. The minimum atomic E-state index is -0.825. The largest absolute Gasteiger partial charge is 0.388 e. The van der Waals surface area contributed by atoms with Gasteiger partial charge in [-0.25, -0.2) is 0 Å². The van der Waals surface area contributed by atoms with Gasteiger partial charge in [-0.2, -0.15) is 0 Å². The zero-order valence-corrected chi connectivity index (χ0v) is 26.7. The molecule has 3 rings (SSSR count). The Morgan fingerprint density at radius 2 is 0.977 bits per heavy atom. The molecule has 3 aromatic rings. The fraction of sp³-hybridized carbons (Fsp3) is 0.500. The number of benzene rings is 3. The van der Waals surface area contributed by atoms with Crippen molar-refractivity contribution < 1.29 is 14.6 Å². The van der Waals surface area contributed by atoms with E-state index in [2.05, 4.69) is 55.5 Å². The molecule has 0 bridgehead atoms. The van der Waals surface area contributed by atoms with Gasteiger partial charge in [0.25, 0.3) is 0 Å². The Hall–Kier alpha value is -2.72. The second-order valence-corrected chi connectivity index (χ2v) is 11.8. The Morgan fingerprint density at radius 3 is 1.44 bits per heavy atom. The number of allylic oxidation sites excluding steroid dienone is 2. The van der Waals surface area contributed by atoms with Crippen LogP contribution in [-0.4, -0.2) is 31.0 Å². The van der Waals surface area contributed by atoms with Gasteiger partial charge in [-0.15, -0.1) is 0 Å². The van der Waals surface area contributed by atoms with E-state index in [1.165, 1.54) is 83.5 Å². The molecular weight excluding hydrogens is 528 g/mol. The van der Waals surface area contributed by atoms with Crippen molar-refractivity contribution in [2.45, 2.75) is 109 Å². The molecule has 0 aromatic heterocycles. The average Bonchev–Trinajstić information content (AvgIpc) is 3.06. The van der Waals surface area contributed by atoms with E-state index in [0.717, 1.165) is 23.1 Å². The van der Waals surface area contributed by atoms with Crippen LogP contribution in [0.1, 0.15) is 114 Å². The van der Waals surface area contributed by atoms with Crippen LogP contribution in [0, 0.1) is 0 Å². The van der Waals surface area contributed by atoms with Crippen molar-refractivity contribution in [3.8, 4) is 0 Å². The number of ether oxygens (including phenoxy) is 2. The molecule has 0 aliphatic heterocycles. The lowest BCUT2D eigenvalue weighted by Gasteiger charge is -2.36. The summed E-state index contributed by atoms with van der Waals surface area (Å²) < 4.78 is 12.6. The molecule has 3 aromatic carbocycles. The zero-order chi connectivity index (χ0) is 30.3. The summed E-state index contributed by atoms with van der Waals surface area (Å²) in [6.45, 7) is 3.41. The molecule has 0 fully saturated rings. The van der Waals surface area contributed by atoms with Crippen molar-refractivity contribution in [3.05, 3.63) is 120 Å². The molecule has 0 saturated heterocycles. The molecule has 1 N–H and O–H groups in total. The van der Waals surface area contributed by atoms with E-state index in [1.54, 1.807) is 0 Å². The van der Waals surface area contributed by atoms with E-state index in [4.69, 9.17) is 9.47 Å². The van der Waals surface area contributed by atoms with Crippen LogP contribution in [0.15, 0.2) is 103 Å². The van der Waals surface area contributed by atoms with Crippen molar-refractivity contribution in [2.24, 2.45) is 0 Å². The lowest BCUT2D eigenvalue weighted by molar-refractivity contribution is -0.0641. The topological polar surface area (TPSA) is 38.7 Å². The van der Waals surface area contributed by atoms with Crippen molar-refractivity contribution in [1.29, 1.82) is 0 Å². The highest BCUT2D eigenvalue weighted by molar-refractivity contribution is 5.47. The normalized spacial score (nSPS) is 12.6. The lowest BCUT2D eigenvalue weighted by atomic mass is 9.80. The zero-order valence-electron chi connectivity index (χ0n) is 26.7. The minimum Gasteiger partial charge on any atom is -0.388 e. The smallest absolute Gasteiger partial charge is 0.143 e. The van der Waals surface area contributed by atoms with E-state index >= 15 is 0 Å². The number of aliphatic hydroxyl groups is 1. The Morgan fingerprint density at radius 1 is 0.558 bits per heavy atom. The Bertz CT molecular complexity index is 984. The molecule has 1 atom stereocenters. The summed E-state index contributed by atoms with van der Waals surface area (Å²) in [6.07, 6.45) is 22.2. The highest BCUT2D eigenvalue weighted by atomic mass is 16.5. The third-order valence-electron chi connectivity index (χ3n) is 8.14. The molecule has 234 valence electrons. The molecule has 43 heavy (non-hydrogen) atoms. The third kappa shape index (κ3) is 12.8. The maximum Gasteiger partial charge on any atom is 0.143 e. The fourth-order valence-corrected chi connectivity index (χ4v) is 5.71. The second kappa shape index (κ2) is 21.9. The van der Waals surface area contributed by atoms with E-state index < -0.39 is 11.7 Å². The van der Waals surface area contributed by atoms with Gasteiger partial charge in [-0.05, 0) is 48.8 Å². The van der Waals surface area contributed by atoms with E-state index in [1.807, 2.05) is 54.6 Å². The molecule has 0 amide bonds. The molecule has 0 spiro atoms. The molecular formula is C40H56O3. The van der Waals surface area contributed by atoms with Gasteiger partial charge < -0.3 is 14.6 Å². The van der Waals surface area contributed by atoms with Gasteiger partial charge in [0.15, 0.2) is 0 Å². The molecule has 3 nitrogen and oxygen atoms in total.